The van der Waals surface area contributed by atoms with Crippen molar-refractivity contribution in [2.24, 2.45) is 0 Å². The number of likely N-dealkylation sites (tertiary alicyclic amines) is 1. The third kappa shape index (κ3) is 2.93. The maximum absolute atomic E-state index is 12.8. The van der Waals surface area contributed by atoms with E-state index in [1.165, 1.54) is 4.90 Å². The second-order valence-electron chi connectivity index (χ2n) is 6.29. The summed E-state index contributed by atoms with van der Waals surface area (Å²) in [7, 11) is 0. The zero-order chi connectivity index (χ0) is 18.1. The highest BCUT2D eigenvalue weighted by molar-refractivity contribution is 7.23. The Bertz CT molecular complexity index is 968. The third-order valence-corrected chi connectivity index (χ3v) is 5.88. The number of carboxylic acid groups (broad SMARTS) is 1. The molecule has 0 radical (unpaired) electrons. The molecule has 3 aromatic rings. The van der Waals surface area contributed by atoms with E-state index in [1.54, 1.807) is 11.3 Å². The minimum Gasteiger partial charge on any atom is -0.480 e. The van der Waals surface area contributed by atoms with Gasteiger partial charge in [0.05, 0.1) is 10.6 Å². The summed E-state index contributed by atoms with van der Waals surface area (Å²) in [6, 6.07) is 16.7. The van der Waals surface area contributed by atoms with Crippen LogP contribution in [0.25, 0.3) is 20.5 Å². The van der Waals surface area contributed by atoms with Crippen LogP contribution in [0.3, 0.4) is 0 Å². The Kier molecular flexibility index (Phi) is 4.34. The molecular formula is C20H18N2O3S. The molecule has 2 aromatic carbocycles. The Morgan fingerprint density at radius 1 is 1.08 bits per heavy atom. The topological polar surface area (TPSA) is 69.6 Å². The Hall–Kier alpha value is -2.86. The number of hydrogen-bond acceptors (Lipinski definition) is 3. The second kappa shape index (κ2) is 6.80. The smallest absolute Gasteiger partial charge is 0.326 e. The maximum atomic E-state index is 12.8. The number of nitrogens with one attached hydrogen (secondary N) is 1. The van der Waals surface area contributed by atoms with Crippen LogP contribution < -0.4 is 5.32 Å². The lowest BCUT2D eigenvalue weighted by Gasteiger charge is -2.22. The highest BCUT2D eigenvalue weighted by Gasteiger charge is 2.34. The van der Waals surface area contributed by atoms with E-state index in [0.29, 0.717) is 19.4 Å². The first-order valence-electron chi connectivity index (χ1n) is 8.52. The molecule has 5 nitrogen and oxygen atoms in total. The molecule has 1 atom stereocenters. The molecule has 1 aromatic heterocycles. The van der Waals surface area contributed by atoms with Gasteiger partial charge in [-0.2, -0.15) is 0 Å². The van der Waals surface area contributed by atoms with Crippen LogP contribution in [0.4, 0.5) is 10.5 Å². The van der Waals surface area contributed by atoms with Gasteiger partial charge in [-0.1, -0.05) is 48.5 Å². The lowest BCUT2D eigenvalue weighted by atomic mass is 10.1. The predicted octanol–water partition coefficient (Wildman–Crippen LogP) is 4.65. The van der Waals surface area contributed by atoms with Gasteiger partial charge in [0.1, 0.15) is 6.04 Å². The number of carbonyl (C=O) groups excluding carboxylic acids is 1. The van der Waals surface area contributed by atoms with Gasteiger partial charge in [-0.25, -0.2) is 9.59 Å². The fourth-order valence-corrected chi connectivity index (χ4v) is 4.57. The standard InChI is InChI=1S/C20H18N2O3S/c23-19(24)15-10-6-12-22(15)20(25)21-17-14-9-4-5-11-16(14)26-18(17)13-7-2-1-3-8-13/h1-5,7-9,11,15H,6,10,12H2,(H,21,25)(H,23,24). The zero-order valence-electron chi connectivity index (χ0n) is 14.0. The molecule has 132 valence electrons. The fraction of sp³-hybridized carbons (Fsp3) is 0.200. The number of benzene rings is 2. The number of carboxylic acids is 1. The first-order chi connectivity index (χ1) is 12.6. The van der Waals surface area contributed by atoms with Crippen molar-refractivity contribution in [1.29, 1.82) is 0 Å². The number of aliphatic carboxylic acids is 1. The van der Waals surface area contributed by atoms with Crippen LogP contribution in [0.5, 0.6) is 0 Å². The number of urea groups is 1. The van der Waals surface area contributed by atoms with Crippen LogP contribution in [0.2, 0.25) is 0 Å². The van der Waals surface area contributed by atoms with Crippen LogP contribution in [0.15, 0.2) is 54.6 Å². The molecule has 26 heavy (non-hydrogen) atoms. The van der Waals surface area contributed by atoms with Gasteiger partial charge in [-0.05, 0) is 24.5 Å². The molecule has 1 aliphatic heterocycles. The van der Waals surface area contributed by atoms with E-state index in [4.69, 9.17) is 0 Å². The summed E-state index contributed by atoms with van der Waals surface area (Å²) in [6.07, 6.45) is 1.21. The molecule has 2 N–H and O–H groups in total. The Morgan fingerprint density at radius 3 is 2.58 bits per heavy atom. The number of anilines is 1. The summed E-state index contributed by atoms with van der Waals surface area (Å²) >= 11 is 1.62. The lowest BCUT2D eigenvalue weighted by Crippen LogP contribution is -2.42. The van der Waals surface area contributed by atoms with Crippen molar-refractivity contribution in [1.82, 2.24) is 4.90 Å². The molecule has 4 rings (SSSR count). The first-order valence-corrected chi connectivity index (χ1v) is 9.34. The minimum absolute atomic E-state index is 0.351. The van der Waals surface area contributed by atoms with Gasteiger partial charge in [-0.15, -0.1) is 11.3 Å². The second-order valence-corrected chi connectivity index (χ2v) is 7.34. The first kappa shape index (κ1) is 16.6. The summed E-state index contributed by atoms with van der Waals surface area (Å²) in [5.41, 5.74) is 1.78. The molecule has 1 unspecified atom stereocenters. The van der Waals surface area contributed by atoms with E-state index in [0.717, 1.165) is 26.2 Å². The van der Waals surface area contributed by atoms with Crippen LogP contribution in [0, 0.1) is 0 Å². The summed E-state index contributed by atoms with van der Waals surface area (Å²) < 4.78 is 1.08. The molecular weight excluding hydrogens is 348 g/mol. The Morgan fingerprint density at radius 2 is 1.81 bits per heavy atom. The van der Waals surface area contributed by atoms with Crippen molar-refractivity contribution in [3.8, 4) is 10.4 Å². The maximum Gasteiger partial charge on any atom is 0.326 e. The average molecular weight is 366 g/mol. The molecule has 1 saturated heterocycles. The van der Waals surface area contributed by atoms with E-state index in [9.17, 15) is 14.7 Å². The number of thiophene rings is 1. The largest absolute Gasteiger partial charge is 0.480 e. The van der Waals surface area contributed by atoms with E-state index in [-0.39, 0.29) is 6.03 Å². The van der Waals surface area contributed by atoms with E-state index >= 15 is 0 Å². The van der Waals surface area contributed by atoms with Gasteiger partial charge < -0.3 is 15.3 Å². The third-order valence-electron chi connectivity index (χ3n) is 4.66. The van der Waals surface area contributed by atoms with Crippen LogP contribution in [0.1, 0.15) is 12.8 Å². The highest BCUT2D eigenvalue weighted by Crippen LogP contribution is 2.42. The fourth-order valence-electron chi connectivity index (χ4n) is 3.41. The van der Waals surface area contributed by atoms with Gasteiger partial charge in [0, 0.05) is 16.6 Å². The lowest BCUT2D eigenvalue weighted by molar-refractivity contribution is -0.141. The van der Waals surface area contributed by atoms with E-state index in [1.807, 2.05) is 54.6 Å². The normalized spacial score (nSPS) is 16.8. The molecule has 1 aliphatic rings. The SMILES string of the molecule is O=C(O)C1CCCN1C(=O)Nc1c(-c2ccccc2)sc2ccccc12. The van der Waals surface area contributed by atoms with Gasteiger partial charge >= 0.3 is 12.0 Å². The number of amides is 2. The van der Waals surface area contributed by atoms with Crippen LogP contribution in [-0.2, 0) is 4.79 Å². The number of carbonyl (C=O) groups is 2. The van der Waals surface area contributed by atoms with Gasteiger partial charge in [0.25, 0.3) is 0 Å². The average Bonchev–Trinajstić information content (AvgIpc) is 3.28. The number of nitrogens with zero attached hydrogens (tertiary/aromatic N) is 1. The molecule has 6 heteroatoms. The van der Waals surface area contributed by atoms with Gasteiger partial charge in [0.15, 0.2) is 0 Å². The number of hydrogen-bond donors (Lipinski definition) is 2. The summed E-state index contributed by atoms with van der Waals surface area (Å²) in [5.74, 6) is -0.948. The molecule has 2 amide bonds. The number of rotatable bonds is 3. The highest BCUT2D eigenvalue weighted by atomic mass is 32.1. The summed E-state index contributed by atoms with van der Waals surface area (Å²) in [4.78, 5) is 26.6. The summed E-state index contributed by atoms with van der Waals surface area (Å²) in [5, 5.41) is 13.3. The molecule has 1 fully saturated rings. The Balaban J connectivity index is 1.74. The predicted molar refractivity (Wildman–Crippen MR) is 104 cm³/mol. The van der Waals surface area contributed by atoms with Crippen LogP contribution >= 0.6 is 11.3 Å². The zero-order valence-corrected chi connectivity index (χ0v) is 14.8. The van der Waals surface area contributed by atoms with Crippen molar-refractivity contribution in [2.45, 2.75) is 18.9 Å². The van der Waals surface area contributed by atoms with Crippen molar-refractivity contribution in [3.63, 3.8) is 0 Å². The molecule has 0 spiro atoms. The molecule has 0 saturated carbocycles. The molecule has 2 heterocycles. The van der Waals surface area contributed by atoms with Crippen molar-refractivity contribution in [2.75, 3.05) is 11.9 Å². The number of fused-ring (bicyclic) bond motifs is 1. The molecule has 0 aliphatic carbocycles. The van der Waals surface area contributed by atoms with Crippen LogP contribution in [-0.4, -0.2) is 34.6 Å². The Labute approximate surface area is 154 Å². The van der Waals surface area contributed by atoms with Crippen molar-refractivity contribution in [3.05, 3.63) is 54.6 Å². The summed E-state index contributed by atoms with van der Waals surface area (Å²) in [6.45, 7) is 0.464. The van der Waals surface area contributed by atoms with Gasteiger partial charge in [0.2, 0.25) is 0 Å². The van der Waals surface area contributed by atoms with E-state index < -0.39 is 12.0 Å². The van der Waals surface area contributed by atoms with Crippen molar-refractivity contribution < 1.29 is 14.7 Å². The van der Waals surface area contributed by atoms with Gasteiger partial charge in [-0.3, -0.25) is 0 Å². The monoisotopic (exact) mass is 366 g/mol. The quantitative estimate of drug-likeness (QED) is 0.709. The van der Waals surface area contributed by atoms with Crippen molar-refractivity contribution >= 4 is 39.1 Å². The minimum atomic E-state index is -0.948. The van der Waals surface area contributed by atoms with E-state index in [2.05, 4.69) is 5.32 Å². The molecule has 0 bridgehead atoms.